The number of hydrogen-bond acceptors (Lipinski definition) is 5. The zero-order valence-electron chi connectivity index (χ0n) is 8.37. The Morgan fingerprint density at radius 2 is 2.38 bits per heavy atom. The quantitative estimate of drug-likeness (QED) is 0.808. The summed E-state index contributed by atoms with van der Waals surface area (Å²) in [6.07, 6.45) is 1.05. The molecule has 0 unspecified atom stereocenters. The molecule has 0 saturated carbocycles. The lowest BCUT2D eigenvalue weighted by Gasteiger charge is -2.07. The van der Waals surface area contributed by atoms with E-state index in [4.69, 9.17) is 21.4 Å². The predicted molar refractivity (Wildman–Crippen MR) is 53.1 cm³/mol. The van der Waals surface area contributed by atoms with Gasteiger partial charge in [0.2, 0.25) is 5.82 Å². The van der Waals surface area contributed by atoms with Crippen molar-refractivity contribution >= 4 is 17.6 Å². The molecule has 0 aromatic carbocycles. The van der Waals surface area contributed by atoms with Gasteiger partial charge in [0.05, 0.1) is 24.3 Å². The van der Waals surface area contributed by atoms with Crippen LogP contribution in [-0.2, 0) is 4.74 Å². The fourth-order valence-electron chi connectivity index (χ4n) is 0.944. The third-order valence-electron chi connectivity index (χ3n) is 1.66. The first-order valence-corrected chi connectivity index (χ1v) is 4.65. The van der Waals surface area contributed by atoms with Gasteiger partial charge in [-0.3, -0.25) is 0 Å². The van der Waals surface area contributed by atoms with Crippen molar-refractivity contribution in [3.05, 3.63) is 22.6 Å². The minimum atomic E-state index is -0.960. The first-order valence-electron chi connectivity index (χ1n) is 4.27. The van der Waals surface area contributed by atoms with Crippen molar-refractivity contribution in [1.82, 2.24) is 4.98 Å². The zero-order chi connectivity index (χ0) is 12.1. The van der Waals surface area contributed by atoms with E-state index in [2.05, 4.69) is 9.72 Å². The summed E-state index contributed by atoms with van der Waals surface area (Å²) in [5, 5.41) is 8.06. The molecule has 0 amide bonds. The van der Waals surface area contributed by atoms with Crippen LogP contribution in [0.2, 0.25) is 5.02 Å². The summed E-state index contributed by atoms with van der Waals surface area (Å²) in [7, 11) is 1.15. The van der Waals surface area contributed by atoms with Crippen LogP contribution in [0.5, 0.6) is 5.88 Å². The maximum Gasteiger partial charge on any atom is 0.341 e. The first-order chi connectivity index (χ1) is 7.61. The number of pyridine rings is 1. The van der Waals surface area contributed by atoms with Crippen LogP contribution in [-0.4, -0.2) is 36.4 Å². The van der Waals surface area contributed by atoms with Gasteiger partial charge in [0, 0.05) is 6.20 Å². The van der Waals surface area contributed by atoms with Crippen molar-refractivity contribution in [2.75, 3.05) is 20.3 Å². The lowest BCUT2D eigenvalue weighted by molar-refractivity contribution is 0.0599. The van der Waals surface area contributed by atoms with Crippen molar-refractivity contribution in [1.29, 1.82) is 0 Å². The molecule has 5 nitrogen and oxygen atoms in total. The van der Waals surface area contributed by atoms with Crippen LogP contribution < -0.4 is 4.74 Å². The van der Waals surface area contributed by atoms with Gasteiger partial charge in [-0.1, -0.05) is 11.6 Å². The van der Waals surface area contributed by atoms with E-state index in [1.807, 2.05) is 0 Å². The van der Waals surface area contributed by atoms with E-state index in [-0.39, 0.29) is 24.7 Å². The smallest absolute Gasteiger partial charge is 0.341 e. The largest absolute Gasteiger partial charge is 0.473 e. The van der Waals surface area contributed by atoms with Crippen LogP contribution in [0.4, 0.5) is 4.39 Å². The van der Waals surface area contributed by atoms with Gasteiger partial charge in [0.15, 0.2) is 0 Å². The SMILES string of the molecule is COC(=O)c1cnc(OCCO)c(F)c1Cl. The molecule has 7 heteroatoms. The number of hydrogen-bond donors (Lipinski definition) is 1. The molecule has 0 aliphatic carbocycles. The summed E-state index contributed by atoms with van der Waals surface area (Å²) in [5.74, 6) is -2.12. The lowest BCUT2D eigenvalue weighted by atomic mass is 10.3. The standard InChI is InChI=1S/C9H9ClFNO4/c1-15-9(14)5-4-12-8(16-3-2-13)7(11)6(5)10/h4,13H,2-3H2,1H3. The van der Waals surface area contributed by atoms with Crippen molar-refractivity contribution < 1.29 is 23.8 Å². The van der Waals surface area contributed by atoms with Crippen LogP contribution in [0.1, 0.15) is 10.4 Å². The Morgan fingerprint density at radius 3 is 2.94 bits per heavy atom. The molecule has 1 rings (SSSR count). The highest BCUT2D eigenvalue weighted by molar-refractivity contribution is 6.33. The molecule has 0 spiro atoms. The van der Waals surface area contributed by atoms with Crippen molar-refractivity contribution in [3.63, 3.8) is 0 Å². The minimum absolute atomic E-state index is 0.113. The Kier molecular flexibility index (Phi) is 4.45. The van der Waals surface area contributed by atoms with E-state index in [9.17, 15) is 9.18 Å². The Balaban J connectivity index is 3.03. The summed E-state index contributed by atoms with van der Waals surface area (Å²) in [6, 6.07) is 0. The van der Waals surface area contributed by atoms with E-state index >= 15 is 0 Å². The van der Waals surface area contributed by atoms with Gasteiger partial charge in [0.25, 0.3) is 5.88 Å². The van der Waals surface area contributed by atoms with Crippen molar-refractivity contribution in [2.24, 2.45) is 0 Å². The second-order valence-corrected chi connectivity index (χ2v) is 3.05. The number of halogens is 2. The monoisotopic (exact) mass is 249 g/mol. The van der Waals surface area contributed by atoms with E-state index in [0.29, 0.717) is 0 Å². The number of esters is 1. The summed E-state index contributed by atoms with van der Waals surface area (Å²) in [5.41, 5.74) is -0.182. The van der Waals surface area contributed by atoms with E-state index < -0.39 is 16.8 Å². The predicted octanol–water partition coefficient (Wildman–Crippen LogP) is 1.03. The molecule has 0 atom stereocenters. The number of aromatic nitrogens is 1. The van der Waals surface area contributed by atoms with Crippen LogP contribution >= 0.6 is 11.6 Å². The Hall–Kier alpha value is -1.40. The molecule has 88 valence electrons. The van der Waals surface area contributed by atoms with Crippen LogP contribution in [0, 0.1) is 5.82 Å². The third-order valence-corrected chi connectivity index (χ3v) is 2.03. The number of rotatable bonds is 4. The molecule has 0 aliphatic heterocycles. The highest BCUT2D eigenvalue weighted by atomic mass is 35.5. The van der Waals surface area contributed by atoms with Gasteiger partial charge in [-0.05, 0) is 0 Å². The summed E-state index contributed by atoms with van der Waals surface area (Å²) in [4.78, 5) is 14.7. The lowest BCUT2D eigenvalue weighted by Crippen LogP contribution is -2.09. The first kappa shape index (κ1) is 12.7. The van der Waals surface area contributed by atoms with E-state index in [0.717, 1.165) is 13.3 Å². The molecule has 0 aliphatic rings. The Morgan fingerprint density at radius 1 is 1.69 bits per heavy atom. The molecule has 1 aromatic heterocycles. The molecule has 0 bridgehead atoms. The second-order valence-electron chi connectivity index (χ2n) is 2.67. The summed E-state index contributed by atoms with van der Waals surface area (Å²) >= 11 is 5.59. The van der Waals surface area contributed by atoms with Gasteiger partial charge in [0.1, 0.15) is 6.61 Å². The van der Waals surface area contributed by atoms with Crippen LogP contribution in [0.15, 0.2) is 6.20 Å². The maximum atomic E-state index is 13.5. The highest BCUT2D eigenvalue weighted by Gasteiger charge is 2.19. The molecule has 16 heavy (non-hydrogen) atoms. The van der Waals surface area contributed by atoms with Gasteiger partial charge < -0.3 is 14.6 Å². The summed E-state index contributed by atoms with van der Waals surface area (Å²) in [6.45, 7) is -0.394. The van der Waals surface area contributed by atoms with Gasteiger partial charge >= 0.3 is 5.97 Å². The molecular weight excluding hydrogens is 241 g/mol. The number of aliphatic hydroxyl groups excluding tert-OH is 1. The molecule has 1 aromatic rings. The van der Waals surface area contributed by atoms with E-state index in [1.54, 1.807) is 0 Å². The zero-order valence-corrected chi connectivity index (χ0v) is 9.12. The average Bonchev–Trinajstić information content (AvgIpc) is 2.30. The number of carbonyl (C=O) groups excluding carboxylic acids is 1. The van der Waals surface area contributed by atoms with Gasteiger partial charge in [-0.15, -0.1) is 0 Å². The third kappa shape index (κ3) is 2.59. The van der Waals surface area contributed by atoms with Crippen molar-refractivity contribution in [2.45, 2.75) is 0 Å². The number of carbonyl (C=O) groups is 1. The fraction of sp³-hybridized carbons (Fsp3) is 0.333. The normalized spacial score (nSPS) is 10.0. The topological polar surface area (TPSA) is 68.7 Å². The molecule has 0 saturated heterocycles. The molecule has 1 heterocycles. The van der Waals surface area contributed by atoms with Gasteiger partial charge in [-0.25, -0.2) is 9.78 Å². The molecule has 0 fully saturated rings. The maximum absolute atomic E-state index is 13.5. The Bertz CT molecular complexity index is 399. The van der Waals surface area contributed by atoms with Crippen molar-refractivity contribution in [3.8, 4) is 5.88 Å². The fourth-order valence-corrected chi connectivity index (χ4v) is 1.15. The van der Waals surface area contributed by atoms with Crippen LogP contribution in [0.3, 0.4) is 0 Å². The second kappa shape index (κ2) is 5.62. The summed E-state index contributed by atoms with van der Waals surface area (Å²) < 4.78 is 22.6. The van der Waals surface area contributed by atoms with Gasteiger partial charge in [-0.2, -0.15) is 4.39 Å². The minimum Gasteiger partial charge on any atom is -0.473 e. The number of nitrogens with zero attached hydrogens (tertiary/aromatic N) is 1. The molecular formula is C9H9ClFNO4. The molecule has 1 N–H and O–H groups in total. The van der Waals surface area contributed by atoms with Crippen LogP contribution in [0.25, 0.3) is 0 Å². The number of aliphatic hydroxyl groups is 1. The molecule has 0 radical (unpaired) electrons. The average molecular weight is 250 g/mol. The number of ether oxygens (including phenoxy) is 2. The number of methoxy groups -OCH3 is 1. The highest BCUT2D eigenvalue weighted by Crippen LogP contribution is 2.26. The van der Waals surface area contributed by atoms with E-state index in [1.165, 1.54) is 0 Å². The Labute approximate surface area is 95.8 Å².